The smallest absolute Gasteiger partial charge is 0.250 e. The molecule has 0 spiro atoms. The van der Waals surface area contributed by atoms with Gasteiger partial charge in [-0.2, -0.15) is 0 Å². The van der Waals surface area contributed by atoms with Crippen LogP contribution in [0, 0.1) is 0 Å². The molecule has 1 aliphatic heterocycles. The van der Waals surface area contributed by atoms with Gasteiger partial charge >= 0.3 is 0 Å². The lowest BCUT2D eigenvalue weighted by Gasteiger charge is -2.18. The minimum Gasteiger partial charge on any atom is -0.488 e. The predicted molar refractivity (Wildman–Crippen MR) is 99.5 cm³/mol. The van der Waals surface area contributed by atoms with Crippen LogP contribution in [0.5, 0.6) is 5.75 Å². The molecule has 3 aromatic rings. The van der Waals surface area contributed by atoms with Gasteiger partial charge in [-0.15, -0.1) is 0 Å². The van der Waals surface area contributed by atoms with E-state index < -0.39 is 0 Å². The lowest BCUT2D eigenvalue weighted by atomic mass is 10.1. The number of fused-ring (bicyclic) bond motifs is 1. The Morgan fingerprint density at radius 1 is 1.12 bits per heavy atom. The fourth-order valence-corrected chi connectivity index (χ4v) is 3.00. The monoisotopic (exact) mass is 345 g/mol. The number of para-hydroxylation sites is 1. The Kier molecular flexibility index (Phi) is 4.51. The molecule has 26 heavy (non-hydrogen) atoms. The first kappa shape index (κ1) is 16.1. The third kappa shape index (κ3) is 3.52. The molecule has 2 aromatic carbocycles. The Bertz CT molecular complexity index is 945. The van der Waals surface area contributed by atoms with Crippen molar-refractivity contribution in [1.82, 2.24) is 14.9 Å². The number of nitrogens with one attached hydrogen (secondary N) is 1. The number of benzene rings is 2. The molecule has 0 saturated heterocycles. The molecule has 0 unspecified atom stereocenters. The number of rotatable bonds is 5. The molecule has 2 heterocycles. The number of hydrogen-bond donors (Lipinski definition) is 1. The molecule has 0 atom stereocenters. The van der Waals surface area contributed by atoms with E-state index in [9.17, 15) is 4.79 Å². The first-order chi connectivity index (χ1) is 12.8. The highest BCUT2D eigenvalue weighted by Gasteiger charge is 2.17. The summed E-state index contributed by atoms with van der Waals surface area (Å²) in [7, 11) is 0. The number of carbonyl (C=O) groups is 1. The van der Waals surface area contributed by atoms with Gasteiger partial charge in [0.15, 0.2) is 0 Å². The zero-order valence-corrected chi connectivity index (χ0v) is 14.3. The number of nitrogens with zero attached hydrogens (tertiary/aromatic N) is 2. The van der Waals surface area contributed by atoms with Gasteiger partial charge in [-0.1, -0.05) is 42.5 Å². The number of ether oxygens (including phenoxy) is 1. The minimum absolute atomic E-state index is 0.100. The molecule has 1 amide bonds. The number of amides is 1. The number of carbonyl (C=O) groups excluding carboxylic acids is 1. The van der Waals surface area contributed by atoms with E-state index in [0.29, 0.717) is 18.7 Å². The van der Waals surface area contributed by atoms with Crippen LogP contribution in [0.1, 0.15) is 16.7 Å². The van der Waals surface area contributed by atoms with Crippen LogP contribution in [0.4, 0.5) is 0 Å². The second-order valence-corrected chi connectivity index (χ2v) is 6.18. The van der Waals surface area contributed by atoms with Crippen molar-refractivity contribution in [2.24, 2.45) is 0 Å². The molecule has 0 saturated carbocycles. The normalized spacial score (nSPS) is 12.7. The predicted octanol–water partition coefficient (Wildman–Crippen LogP) is 3.02. The summed E-state index contributed by atoms with van der Waals surface area (Å²) >= 11 is 0. The second-order valence-electron chi connectivity index (χ2n) is 6.18. The molecule has 0 bridgehead atoms. The summed E-state index contributed by atoms with van der Waals surface area (Å²) in [5.41, 5.74) is 3.82. The Morgan fingerprint density at radius 2 is 1.92 bits per heavy atom. The molecule has 5 nitrogen and oxygen atoms in total. The second kappa shape index (κ2) is 7.27. The van der Waals surface area contributed by atoms with Crippen molar-refractivity contribution in [3.05, 3.63) is 89.5 Å². The highest BCUT2D eigenvalue weighted by Crippen LogP contribution is 2.25. The van der Waals surface area contributed by atoms with Crippen LogP contribution in [0.3, 0.4) is 0 Å². The topological polar surface area (TPSA) is 56.2 Å². The van der Waals surface area contributed by atoms with Gasteiger partial charge in [0.25, 0.3) is 5.91 Å². The van der Waals surface area contributed by atoms with Crippen molar-refractivity contribution in [2.75, 3.05) is 6.61 Å². The molecule has 5 heteroatoms. The standard InChI is InChI=1S/C21H19N3O2/c25-21(19-11-16-5-3-4-8-20(16)26-14-19)23-12-17-6-1-2-7-18(17)13-24-10-9-22-15-24/h1-11,15H,12-14H2,(H,23,25). The van der Waals surface area contributed by atoms with Gasteiger partial charge in [0.2, 0.25) is 0 Å². The van der Waals surface area contributed by atoms with E-state index >= 15 is 0 Å². The Morgan fingerprint density at radius 3 is 2.77 bits per heavy atom. The Balaban J connectivity index is 1.45. The van der Waals surface area contributed by atoms with Crippen molar-refractivity contribution in [2.45, 2.75) is 13.1 Å². The quantitative estimate of drug-likeness (QED) is 0.773. The molecule has 1 aliphatic rings. The summed E-state index contributed by atoms with van der Waals surface area (Å²) in [4.78, 5) is 16.6. The van der Waals surface area contributed by atoms with E-state index in [1.165, 1.54) is 0 Å². The van der Waals surface area contributed by atoms with E-state index in [4.69, 9.17) is 4.74 Å². The number of hydrogen-bond acceptors (Lipinski definition) is 3. The maximum atomic E-state index is 12.5. The van der Waals surface area contributed by atoms with E-state index in [1.807, 2.05) is 59.3 Å². The molecular formula is C21H19N3O2. The van der Waals surface area contributed by atoms with Gasteiger partial charge < -0.3 is 14.6 Å². The van der Waals surface area contributed by atoms with E-state index in [0.717, 1.165) is 29.0 Å². The van der Waals surface area contributed by atoms with Crippen LogP contribution >= 0.6 is 0 Å². The summed E-state index contributed by atoms with van der Waals surface area (Å²) in [5, 5.41) is 3.01. The lowest BCUT2D eigenvalue weighted by molar-refractivity contribution is -0.117. The van der Waals surface area contributed by atoms with Gasteiger partial charge in [0.05, 0.1) is 11.9 Å². The highest BCUT2D eigenvalue weighted by atomic mass is 16.5. The van der Waals surface area contributed by atoms with Crippen LogP contribution in [0.2, 0.25) is 0 Å². The zero-order chi connectivity index (χ0) is 17.8. The summed E-state index contributed by atoms with van der Waals surface area (Å²) in [6, 6.07) is 15.8. The number of imidazole rings is 1. The van der Waals surface area contributed by atoms with E-state index in [1.54, 1.807) is 12.5 Å². The SMILES string of the molecule is O=C(NCc1ccccc1Cn1ccnc1)C1=Cc2ccccc2OC1. The summed E-state index contributed by atoms with van der Waals surface area (Å²) in [6.07, 6.45) is 7.37. The van der Waals surface area contributed by atoms with Crippen LogP contribution in [0.25, 0.3) is 6.08 Å². The molecule has 1 N–H and O–H groups in total. The van der Waals surface area contributed by atoms with Crippen molar-refractivity contribution in [1.29, 1.82) is 0 Å². The van der Waals surface area contributed by atoms with Crippen LogP contribution < -0.4 is 10.1 Å². The Labute approximate surface area is 152 Å². The summed E-state index contributed by atoms with van der Waals surface area (Å²) < 4.78 is 7.67. The van der Waals surface area contributed by atoms with Crippen molar-refractivity contribution < 1.29 is 9.53 Å². The van der Waals surface area contributed by atoms with Crippen LogP contribution in [-0.2, 0) is 17.9 Å². The van der Waals surface area contributed by atoms with Gasteiger partial charge in [-0.3, -0.25) is 4.79 Å². The highest BCUT2D eigenvalue weighted by molar-refractivity contribution is 5.99. The number of aromatic nitrogens is 2. The first-order valence-corrected chi connectivity index (χ1v) is 8.53. The molecule has 130 valence electrons. The third-order valence-corrected chi connectivity index (χ3v) is 4.39. The molecule has 0 radical (unpaired) electrons. The average molecular weight is 345 g/mol. The van der Waals surface area contributed by atoms with E-state index in [2.05, 4.69) is 16.4 Å². The van der Waals surface area contributed by atoms with Gasteiger partial charge in [-0.25, -0.2) is 4.98 Å². The molecule has 0 aliphatic carbocycles. The fourth-order valence-electron chi connectivity index (χ4n) is 3.00. The first-order valence-electron chi connectivity index (χ1n) is 8.53. The van der Waals surface area contributed by atoms with Crippen molar-refractivity contribution in [3.8, 4) is 5.75 Å². The molecule has 1 aromatic heterocycles. The fraction of sp³-hybridized carbons (Fsp3) is 0.143. The summed E-state index contributed by atoms with van der Waals surface area (Å²) in [6.45, 7) is 1.49. The zero-order valence-electron chi connectivity index (χ0n) is 14.3. The third-order valence-electron chi connectivity index (χ3n) is 4.39. The minimum atomic E-state index is -0.100. The maximum absolute atomic E-state index is 12.5. The Hall–Kier alpha value is -3.34. The van der Waals surface area contributed by atoms with Crippen molar-refractivity contribution in [3.63, 3.8) is 0 Å². The largest absolute Gasteiger partial charge is 0.488 e. The lowest BCUT2D eigenvalue weighted by Crippen LogP contribution is -2.28. The van der Waals surface area contributed by atoms with Gasteiger partial charge in [-0.05, 0) is 23.3 Å². The van der Waals surface area contributed by atoms with Crippen molar-refractivity contribution >= 4 is 12.0 Å². The van der Waals surface area contributed by atoms with Crippen LogP contribution in [-0.4, -0.2) is 22.1 Å². The molecular weight excluding hydrogens is 326 g/mol. The molecule has 4 rings (SSSR count). The van der Waals surface area contributed by atoms with Gasteiger partial charge in [0.1, 0.15) is 12.4 Å². The molecule has 0 fully saturated rings. The maximum Gasteiger partial charge on any atom is 0.250 e. The van der Waals surface area contributed by atoms with Gasteiger partial charge in [0, 0.05) is 31.0 Å². The van der Waals surface area contributed by atoms with Crippen LogP contribution in [0.15, 0.2) is 72.8 Å². The average Bonchev–Trinajstić information content (AvgIpc) is 3.20. The summed E-state index contributed by atoms with van der Waals surface area (Å²) in [5.74, 6) is 0.715. The van der Waals surface area contributed by atoms with E-state index in [-0.39, 0.29) is 5.91 Å².